The minimum Gasteiger partial charge on any atom is -0.495 e. The molecule has 18 heavy (non-hydrogen) atoms. The van der Waals surface area contributed by atoms with E-state index in [2.05, 4.69) is 20.9 Å². The molecule has 1 aromatic heterocycles. The summed E-state index contributed by atoms with van der Waals surface area (Å²) in [7, 11) is 3.37. The van der Waals surface area contributed by atoms with Gasteiger partial charge in [-0.15, -0.1) is 0 Å². The Morgan fingerprint density at radius 3 is 2.67 bits per heavy atom. The van der Waals surface area contributed by atoms with E-state index >= 15 is 0 Å². The van der Waals surface area contributed by atoms with Crippen molar-refractivity contribution in [3.05, 3.63) is 46.8 Å². The first kappa shape index (κ1) is 12.8. The van der Waals surface area contributed by atoms with Gasteiger partial charge in [-0.2, -0.15) is 0 Å². The number of anilines is 2. The van der Waals surface area contributed by atoms with Crippen molar-refractivity contribution < 1.29 is 9.13 Å². The third kappa shape index (κ3) is 2.61. The number of ether oxygens (including phenoxy) is 1. The predicted molar refractivity (Wildman–Crippen MR) is 73.0 cm³/mol. The molecule has 0 atom stereocenters. The normalized spacial score (nSPS) is 10.2. The maximum Gasteiger partial charge on any atom is 0.142 e. The van der Waals surface area contributed by atoms with E-state index in [1.54, 1.807) is 24.3 Å². The van der Waals surface area contributed by atoms with Gasteiger partial charge < -0.3 is 9.64 Å². The Morgan fingerprint density at radius 1 is 1.28 bits per heavy atom. The maximum absolute atomic E-state index is 13.3. The first-order chi connectivity index (χ1) is 8.61. The molecule has 0 aliphatic carbocycles. The van der Waals surface area contributed by atoms with E-state index in [1.807, 2.05) is 19.2 Å². The Labute approximate surface area is 113 Å². The first-order valence-corrected chi connectivity index (χ1v) is 6.10. The number of hydrogen-bond donors (Lipinski definition) is 0. The summed E-state index contributed by atoms with van der Waals surface area (Å²) >= 11 is 3.32. The molecule has 0 fully saturated rings. The number of nitrogens with zero attached hydrogens (tertiary/aromatic N) is 2. The van der Waals surface area contributed by atoms with Crippen molar-refractivity contribution in [2.75, 3.05) is 19.1 Å². The van der Waals surface area contributed by atoms with Crippen molar-refractivity contribution >= 4 is 27.4 Å². The zero-order valence-corrected chi connectivity index (χ0v) is 11.6. The number of benzene rings is 1. The lowest BCUT2D eigenvalue weighted by molar-refractivity contribution is 0.414. The molecule has 2 aromatic rings. The van der Waals surface area contributed by atoms with Gasteiger partial charge >= 0.3 is 0 Å². The smallest absolute Gasteiger partial charge is 0.142 e. The van der Waals surface area contributed by atoms with Gasteiger partial charge in [-0.1, -0.05) is 0 Å². The van der Waals surface area contributed by atoms with Gasteiger partial charge in [0.25, 0.3) is 0 Å². The van der Waals surface area contributed by atoms with Crippen molar-refractivity contribution in [2.45, 2.75) is 0 Å². The Morgan fingerprint density at radius 2 is 2.06 bits per heavy atom. The molecule has 0 bridgehead atoms. The summed E-state index contributed by atoms with van der Waals surface area (Å²) in [4.78, 5) is 6.03. The summed E-state index contributed by atoms with van der Waals surface area (Å²) in [5, 5.41) is 0. The molecule has 0 saturated carbocycles. The highest BCUT2D eigenvalue weighted by Crippen LogP contribution is 2.32. The minimum absolute atomic E-state index is 0.310. The first-order valence-electron chi connectivity index (χ1n) is 5.30. The molecule has 0 aliphatic heterocycles. The van der Waals surface area contributed by atoms with Gasteiger partial charge in [0.2, 0.25) is 0 Å². The van der Waals surface area contributed by atoms with E-state index in [4.69, 9.17) is 4.74 Å². The van der Waals surface area contributed by atoms with E-state index in [1.165, 1.54) is 12.1 Å². The average Bonchev–Trinajstić information content (AvgIpc) is 2.39. The van der Waals surface area contributed by atoms with Crippen LogP contribution >= 0.6 is 15.9 Å². The Bertz CT molecular complexity index is 545. The third-order valence-electron chi connectivity index (χ3n) is 2.56. The van der Waals surface area contributed by atoms with E-state index in [-0.39, 0.29) is 5.82 Å². The highest BCUT2D eigenvalue weighted by atomic mass is 79.9. The second-order valence-corrected chi connectivity index (χ2v) is 4.63. The molecular weight excluding hydrogens is 299 g/mol. The third-order valence-corrected chi connectivity index (χ3v) is 3.03. The highest BCUT2D eigenvalue weighted by molar-refractivity contribution is 9.10. The van der Waals surface area contributed by atoms with Gasteiger partial charge in [0.15, 0.2) is 0 Å². The number of methoxy groups -OCH3 is 1. The fourth-order valence-corrected chi connectivity index (χ4v) is 1.85. The maximum atomic E-state index is 13.3. The number of rotatable bonds is 3. The van der Waals surface area contributed by atoms with Gasteiger partial charge in [-0.25, -0.2) is 9.37 Å². The van der Waals surface area contributed by atoms with E-state index < -0.39 is 0 Å². The van der Waals surface area contributed by atoms with Crippen molar-refractivity contribution in [3.8, 4) is 5.75 Å². The van der Waals surface area contributed by atoms with Crippen LogP contribution in [0.3, 0.4) is 0 Å². The summed E-state index contributed by atoms with van der Waals surface area (Å²) in [6.45, 7) is 0. The van der Waals surface area contributed by atoms with Gasteiger partial charge in [0.05, 0.1) is 12.8 Å². The molecule has 0 aliphatic rings. The van der Waals surface area contributed by atoms with Crippen LogP contribution in [0.4, 0.5) is 15.9 Å². The predicted octanol–water partition coefficient (Wildman–Crippen LogP) is 3.76. The lowest BCUT2D eigenvalue weighted by Crippen LogP contribution is -2.12. The monoisotopic (exact) mass is 310 g/mol. The highest BCUT2D eigenvalue weighted by Gasteiger charge is 2.12. The van der Waals surface area contributed by atoms with Crippen LogP contribution in [0.25, 0.3) is 0 Å². The van der Waals surface area contributed by atoms with Gasteiger partial charge in [0, 0.05) is 23.8 Å². The second-order valence-electron chi connectivity index (χ2n) is 3.71. The molecular formula is C13H12BrFN2O. The SMILES string of the molecule is COc1ccc(F)cc1N(C)c1ccc(Br)cn1. The Kier molecular flexibility index (Phi) is 3.81. The molecule has 0 spiro atoms. The van der Waals surface area contributed by atoms with Crippen LogP contribution in [0, 0.1) is 5.82 Å². The number of pyridine rings is 1. The van der Waals surface area contributed by atoms with Gasteiger partial charge in [-0.3, -0.25) is 0 Å². The second kappa shape index (κ2) is 5.35. The van der Waals surface area contributed by atoms with Crippen LogP contribution in [-0.4, -0.2) is 19.1 Å². The van der Waals surface area contributed by atoms with Crippen molar-refractivity contribution in [1.82, 2.24) is 4.98 Å². The van der Waals surface area contributed by atoms with Gasteiger partial charge in [0.1, 0.15) is 17.4 Å². The van der Waals surface area contributed by atoms with Crippen LogP contribution in [0.2, 0.25) is 0 Å². The molecule has 1 heterocycles. The van der Waals surface area contributed by atoms with Crippen LogP contribution in [-0.2, 0) is 0 Å². The van der Waals surface area contributed by atoms with Crippen LogP contribution in [0.15, 0.2) is 41.0 Å². The van der Waals surface area contributed by atoms with Crippen molar-refractivity contribution in [3.63, 3.8) is 0 Å². The zero-order chi connectivity index (χ0) is 13.1. The van der Waals surface area contributed by atoms with Crippen molar-refractivity contribution in [1.29, 1.82) is 0 Å². The lowest BCUT2D eigenvalue weighted by Gasteiger charge is -2.20. The topological polar surface area (TPSA) is 25.4 Å². The minimum atomic E-state index is -0.310. The molecule has 0 radical (unpaired) electrons. The molecule has 1 aromatic carbocycles. The summed E-state index contributed by atoms with van der Waals surface area (Å²) in [6, 6.07) is 8.10. The van der Waals surface area contributed by atoms with Crippen LogP contribution in [0.5, 0.6) is 5.75 Å². The lowest BCUT2D eigenvalue weighted by atomic mass is 10.2. The number of halogens is 2. The molecule has 2 rings (SSSR count). The standard InChI is InChI=1S/C13H12BrFN2O/c1-17(13-6-3-9(14)8-16-13)11-7-10(15)4-5-12(11)18-2/h3-8H,1-2H3. The fourth-order valence-electron chi connectivity index (χ4n) is 1.62. The van der Waals surface area contributed by atoms with Crippen LogP contribution in [0.1, 0.15) is 0 Å². The Hall–Kier alpha value is -1.62. The summed E-state index contributed by atoms with van der Waals surface area (Å²) < 4.78 is 19.4. The molecule has 0 N–H and O–H groups in total. The quantitative estimate of drug-likeness (QED) is 0.863. The summed E-state index contributed by atoms with van der Waals surface area (Å²) in [5.41, 5.74) is 0.632. The molecule has 94 valence electrons. The largest absolute Gasteiger partial charge is 0.495 e. The zero-order valence-electron chi connectivity index (χ0n) is 10.0. The number of hydrogen-bond acceptors (Lipinski definition) is 3. The molecule has 0 amide bonds. The molecule has 0 unspecified atom stereocenters. The number of aromatic nitrogens is 1. The van der Waals surface area contributed by atoms with E-state index in [0.717, 1.165) is 4.47 Å². The Balaban J connectivity index is 2.41. The summed E-state index contributed by atoms with van der Waals surface area (Å²) in [5.74, 6) is 1.00. The summed E-state index contributed by atoms with van der Waals surface area (Å²) in [6.07, 6.45) is 1.69. The van der Waals surface area contributed by atoms with Crippen LogP contribution < -0.4 is 9.64 Å². The van der Waals surface area contributed by atoms with Gasteiger partial charge in [-0.05, 0) is 40.2 Å². The average molecular weight is 311 g/mol. The molecule has 3 nitrogen and oxygen atoms in total. The molecule has 5 heteroatoms. The van der Waals surface area contributed by atoms with Crippen molar-refractivity contribution in [2.24, 2.45) is 0 Å². The van der Waals surface area contributed by atoms with E-state index in [9.17, 15) is 4.39 Å². The van der Waals surface area contributed by atoms with E-state index in [0.29, 0.717) is 17.3 Å². The molecule has 0 saturated heterocycles. The fraction of sp³-hybridized carbons (Fsp3) is 0.154.